The third kappa shape index (κ3) is 2.14. The van der Waals surface area contributed by atoms with Crippen molar-refractivity contribution in [2.75, 3.05) is 5.73 Å². The van der Waals surface area contributed by atoms with Crippen molar-refractivity contribution in [3.05, 3.63) is 34.6 Å². The van der Waals surface area contributed by atoms with Gasteiger partial charge in [-0.3, -0.25) is 0 Å². The monoisotopic (exact) mass is 253 g/mol. The van der Waals surface area contributed by atoms with Gasteiger partial charge in [0.2, 0.25) is 0 Å². The van der Waals surface area contributed by atoms with Gasteiger partial charge in [-0.25, -0.2) is 4.39 Å². The summed E-state index contributed by atoms with van der Waals surface area (Å²) in [5.41, 5.74) is 3.34. The first-order chi connectivity index (χ1) is 7.16. The summed E-state index contributed by atoms with van der Waals surface area (Å²) in [4.78, 5) is 0. The van der Waals surface area contributed by atoms with Crippen LogP contribution in [-0.2, 0) is 6.18 Å². The Morgan fingerprint density at radius 2 is 1.94 bits per heavy atom. The quantitative estimate of drug-likeness (QED) is 0.591. The smallest absolute Gasteiger partial charge is 0.396 e. The number of anilines is 1. The molecule has 0 saturated heterocycles. The maximum Gasteiger partial charge on any atom is 0.418 e. The summed E-state index contributed by atoms with van der Waals surface area (Å²) in [6.07, 6.45) is -4.75. The molecule has 1 aromatic rings. The van der Waals surface area contributed by atoms with Crippen LogP contribution < -0.4 is 5.73 Å². The Kier molecular flexibility index (Phi) is 3.19. The van der Waals surface area contributed by atoms with Gasteiger partial charge in [-0.2, -0.15) is 13.2 Å². The van der Waals surface area contributed by atoms with Gasteiger partial charge in [-0.05, 0) is 18.6 Å². The molecule has 1 rings (SSSR count). The number of hydrogen-bond donors (Lipinski definition) is 1. The van der Waals surface area contributed by atoms with Crippen LogP contribution in [0.3, 0.4) is 0 Å². The lowest BCUT2D eigenvalue weighted by Crippen LogP contribution is -2.12. The summed E-state index contributed by atoms with van der Waals surface area (Å²) in [6.45, 7) is 4.73. The number of alkyl halides is 3. The number of nitrogens with two attached hydrogens (primary N) is 1. The molecule has 0 aromatic heterocycles. The minimum atomic E-state index is -4.75. The summed E-state index contributed by atoms with van der Waals surface area (Å²) in [7, 11) is 0. The molecule has 1 aromatic carbocycles. The largest absolute Gasteiger partial charge is 0.418 e. The molecule has 0 fully saturated rings. The molecule has 0 heterocycles. The van der Waals surface area contributed by atoms with E-state index in [2.05, 4.69) is 6.58 Å². The SMILES string of the molecule is C=C(C)c1cc(N)c(F)c(Cl)c1C(F)(F)F. The average molecular weight is 254 g/mol. The number of benzene rings is 1. The molecule has 16 heavy (non-hydrogen) atoms. The first-order valence-electron chi connectivity index (χ1n) is 4.16. The zero-order valence-corrected chi connectivity index (χ0v) is 9.01. The second kappa shape index (κ2) is 3.97. The van der Waals surface area contributed by atoms with Crippen LogP contribution in [-0.4, -0.2) is 0 Å². The Morgan fingerprint density at radius 1 is 1.44 bits per heavy atom. The van der Waals surface area contributed by atoms with E-state index in [-0.39, 0.29) is 11.1 Å². The van der Waals surface area contributed by atoms with E-state index in [9.17, 15) is 17.6 Å². The number of halogens is 5. The number of rotatable bonds is 1. The molecule has 0 aliphatic heterocycles. The lowest BCUT2D eigenvalue weighted by molar-refractivity contribution is -0.137. The third-order valence-electron chi connectivity index (χ3n) is 1.98. The molecule has 1 nitrogen and oxygen atoms in total. The summed E-state index contributed by atoms with van der Waals surface area (Å²) in [5.74, 6) is -1.26. The van der Waals surface area contributed by atoms with E-state index in [1.54, 1.807) is 0 Å². The highest BCUT2D eigenvalue weighted by Crippen LogP contribution is 2.42. The Morgan fingerprint density at radius 3 is 2.31 bits per heavy atom. The molecule has 6 heteroatoms. The van der Waals surface area contributed by atoms with Crippen molar-refractivity contribution in [3.63, 3.8) is 0 Å². The molecule has 0 bridgehead atoms. The van der Waals surface area contributed by atoms with Crippen molar-refractivity contribution in [2.45, 2.75) is 13.1 Å². The van der Waals surface area contributed by atoms with Gasteiger partial charge >= 0.3 is 6.18 Å². The lowest BCUT2D eigenvalue weighted by atomic mass is 10.00. The summed E-state index contributed by atoms with van der Waals surface area (Å²) in [5, 5.41) is -1.02. The first kappa shape index (κ1) is 12.8. The van der Waals surface area contributed by atoms with Crippen LogP contribution in [0.2, 0.25) is 5.02 Å². The molecule has 0 atom stereocenters. The maximum absolute atomic E-state index is 13.2. The van der Waals surface area contributed by atoms with E-state index in [1.807, 2.05) is 0 Å². The highest BCUT2D eigenvalue weighted by molar-refractivity contribution is 6.32. The van der Waals surface area contributed by atoms with Gasteiger partial charge in [0.05, 0.1) is 16.3 Å². The second-order valence-corrected chi connectivity index (χ2v) is 3.67. The molecule has 0 radical (unpaired) electrons. The van der Waals surface area contributed by atoms with Crippen molar-refractivity contribution in [3.8, 4) is 0 Å². The number of hydrogen-bond acceptors (Lipinski definition) is 1. The van der Waals surface area contributed by atoms with Crippen molar-refractivity contribution in [2.24, 2.45) is 0 Å². The summed E-state index contributed by atoms with van der Waals surface area (Å²) >= 11 is 5.32. The van der Waals surface area contributed by atoms with E-state index in [1.165, 1.54) is 6.92 Å². The normalized spacial score (nSPS) is 11.6. The molecule has 88 valence electrons. The van der Waals surface area contributed by atoms with Crippen LogP contribution >= 0.6 is 11.6 Å². The van der Waals surface area contributed by atoms with Crippen LogP contribution in [0.15, 0.2) is 12.6 Å². The maximum atomic E-state index is 13.2. The summed E-state index contributed by atoms with van der Waals surface area (Å²) in [6, 6.07) is 0.881. The van der Waals surface area contributed by atoms with Gasteiger partial charge in [-0.1, -0.05) is 23.8 Å². The second-order valence-electron chi connectivity index (χ2n) is 3.29. The molecule has 0 saturated carbocycles. The molecule has 2 N–H and O–H groups in total. The van der Waals surface area contributed by atoms with E-state index in [0.717, 1.165) is 6.07 Å². The predicted octanol–water partition coefficient (Wildman–Crippen LogP) is 4.11. The third-order valence-corrected chi connectivity index (χ3v) is 2.33. The fraction of sp³-hybridized carbons (Fsp3) is 0.200. The molecular weight excluding hydrogens is 246 g/mol. The Labute approximate surface area is 94.5 Å². The van der Waals surface area contributed by atoms with Gasteiger partial charge in [0.15, 0.2) is 5.82 Å². The van der Waals surface area contributed by atoms with E-state index in [4.69, 9.17) is 17.3 Å². The molecule has 0 unspecified atom stereocenters. The van der Waals surface area contributed by atoms with Gasteiger partial charge in [0.1, 0.15) is 0 Å². The molecule has 0 aliphatic rings. The highest BCUT2D eigenvalue weighted by atomic mass is 35.5. The average Bonchev–Trinajstić information content (AvgIpc) is 2.10. The topological polar surface area (TPSA) is 26.0 Å². The molecule has 0 spiro atoms. The molecule has 0 aliphatic carbocycles. The summed E-state index contributed by atoms with van der Waals surface area (Å²) < 4.78 is 51.1. The Bertz CT molecular complexity index is 451. The van der Waals surface area contributed by atoms with Crippen molar-refractivity contribution >= 4 is 22.9 Å². The minimum absolute atomic E-state index is 0.112. The molecule has 0 amide bonds. The Balaban J connectivity index is 3.68. The van der Waals surface area contributed by atoms with Crippen LogP contribution in [0.5, 0.6) is 0 Å². The van der Waals surface area contributed by atoms with E-state index in [0.29, 0.717) is 0 Å². The van der Waals surface area contributed by atoms with E-state index < -0.39 is 28.3 Å². The Hall–Kier alpha value is -1.23. The van der Waals surface area contributed by atoms with Crippen molar-refractivity contribution < 1.29 is 17.6 Å². The number of nitrogen functional groups attached to an aromatic ring is 1. The van der Waals surface area contributed by atoms with E-state index >= 15 is 0 Å². The zero-order valence-electron chi connectivity index (χ0n) is 8.25. The highest BCUT2D eigenvalue weighted by Gasteiger charge is 2.38. The lowest BCUT2D eigenvalue weighted by Gasteiger charge is -2.16. The predicted molar refractivity (Wildman–Crippen MR) is 55.5 cm³/mol. The fourth-order valence-corrected chi connectivity index (χ4v) is 1.58. The van der Waals surface area contributed by atoms with Crippen LogP contribution in [0.25, 0.3) is 5.57 Å². The first-order valence-corrected chi connectivity index (χ1v) is 4.54. The van der Waals surface area contributed by atoms with Gasteiger partial charge in [-0.15, -0.1) is 0 Å². The van der Waals surface area contributed by atoms with Crippen molar-refractivity contribution in [1.29, 1.82) is 0 Å². The molecular formula is C10H8ClF4N. The van der Waals surface area contributed by atoms with Crippen LogP contribution in [0, 0.1) is 5.82 Å². The zero-order chi connectivity index (χ0) is 12.7. The van der Waals surface area contributed by atoms with Crippen LogP contribution in [0.4, 0.5) is 23.2 Å². The standard InChI is InChI=1S/C10H8ClF4N/c1-4(2)5-3-6(16)9(12)8(11)7(5)10(13,14)15/h3H,1,16H2,2H3. The van der Waals surface area contributed by atoms with Gasteiger partial charge in [0.25, 0.3) is 0 Å². The fourth-order valence-electron chi connectivity index (χ4n) is 1.26. The minimum Gasteiger partial charge on any atom is -0.396 e. The number of allylic oxidation sites excluding steroid dienone is 1. The van der Waals surface area contributed by atoms with Crippen molar-refractivity contribution in [1.82, 2.24) is 0 Å². The van der Waals surface area contributed by atoms with Crippen LogP contribution in [0.1, 0.15) is 18.1 Å². The van der Waals surface area contributed by atoms with Gasteiger partial charge in [0, 0.05) is 0 Å². The van der Waals surface area contributed by atoms with Gasteiger partial charge < -0.3 is 5.73 Å².